The van der Waals surface area contributed by atoms with Gasteiger partial charge in [0.2, 0.25) is 0 Å². The van der Waals surface area contributed by atoms with Gasteiger partial charge >= 0.3 is 0 Å². The van der Waals surface area contributed by atoms with E-state index in [9.17, 15) is 13.2 Å². The molecule has 2 aromatic rings. The zero-order valence-electron chi connectivity index (χ0n) is 14.2. The van der Waals surface area contributed by atoms with Crippen molar-refractivity contribution in [2.45, 2.75) is 25.7 Å². The van der Waals surface area contributed by atoms with Crippen LogP contribution in [0.5, 0.6) is 5.75 Å². The summed E-state index contributed by atoms with van der Waals surface area (Å²) in [6.45, 7) is 5.55. The maximum atomic E-state index is 12.0. The average molecular weight is 347 g/mol. The second-order valence-electron chi connectivity index (χ2n) is 5.85. The van der Waals surface area contributed by atoms with Crippen LogP contribution in [0, 0.1) is 20.8 Å². The fourth-order valence-corrected chi connectivity index (χ4v) is 3.00. The van der Waals surface area contributed by atoms with Crippen LogP contribution >= 0.6 is 0 Å². The number of carbonyl (C=O) groups excluding carboxylic acids is 1. The van der Waals surface area contributed by atoms with Crippen LogP contribution in [0.3, 0.4) is 0 Å². The lowest BCUT2D eigenvalue weighted by Gasteiger charge is -2.12. The maximum Gasteiger partial charge on any atom is 0.262 e. The van der Waals surface area contributed by atoms with Gasteiger partial charge in [-0.15, -0.1) is 0 Å². The molecule has 24 heavy (non-hydrogen) atoms. The van der Waals surface area contributed by atoms with Crippen LogP contribution in [0.2, 0.25) is 0 Å². The zero-order chi connectivity index (χ0) is 17.9. The minimum absolute atomic E-state index is 0.114. The molecule has 0 spiro atoms. The summed E-state index contributed by atoms with van der Waals surface area (Å²) >= 11 is 0. The van der Waals surface area contributed by atoms with Crippen LogP contribution in [0.25, 0.3) is 0 Å². The Morgan fingerprint density at radius 1 is 1.04 bits per heavy atom. The molecule has 0 fully saturated rings. The molecular formula is C18H21NO4S. The predicted octanol–water partition coefficient (Wildman–Crippen LogP) is 3.03. The second kappa shape index (κ2) is 7.05. The van der Waals surface area contributed by atoms with Crippen molar-refractivity contribution in [1.29, 1.82) is 0 Å². The topological polar surface area (TPSA) is 72.5 Å². The van der Waals surface area contributed by atoms with Gasteiger partial charge in [0.05, 0.1) is 4.90 Å². The van der Waals surface area contributed by atoms with Gasteiger partial charge in [-0.3, -0.25) is 4.79 Å². The Bertz CT molecular complexity index is 873. The number of anilines is 1. The summed E-state index contributed by atoms with van der Waals surface area (Å²) in [6.07, 6.45) is 1.15. The van der Waals surface area contributed by atoms with Crippen molar-refractivity contribution in [1.82, 2.24) is 0 Å². The number of hydrogen-bond donors (Lipinski definition) is 1. The van der Waals surface area contributed by atoms with Gasteiger partial charge in [0, 0.05) is 11.9 Å². The minimum Gasteiger partial charge on any atom is -0.483 e. The van der Waals surface area contributed by atoms with E-state index in [2.05, 4.69) is 5.32 Å². The number of carbonyl (C=O) groups is 1. The minimum atomic E-state index is -3.26. The first kappa shape index (κ1) is 18.0. The number of rotatable bonds is 5. The van der Waals surface area contributed by atoms with Crippen molar-refractivity contribution >= 4 is 21.4 Å². The normalized spacial score (nSPS) is 11.2. The molecule has 2 rings (SSSR count). The molecule has 128 valence electrons. The first-order valence-corrected chi connectivity index (χ1v) is 9.36. The van der Waals surface area contributed by atoms with Crippen LogP contribution in [-0.2, 0) is 14.6 Å². The Balaban J connectivity index is 2.02. The van der Waals surface area contributed by atoms with Crippen molar-refractivity contribution in [3.05, 3.63) is 53.1 Å². The standard InChI is InChI=1S/C18H21NO4S/c1-12-5-8-17(14(3)9-12)23-11-18(20)19-16-7-6-15(10-13(16)2)24(4,21)22/h5-10H,11H2,1-4H3,(H,19,20). The first-order chi connectivity index (χ1) is 11.2. The molecule has 0 aliphatic heterocycles. The molecule has 0 saturated heterocycles. The lowest BCUT2D eigenvalue weighted by molar-refractivity contribution is -0.118. The number of ether oxygens (including phenoxy) is 1. The Morgan fingerprint density at radius 3 is 2.33 bits per heavy atom. The Kier molecular flexibility index (Phi) is 5.29. The summed E-state index contributed by atoms with van der Waals surface area (Å²) in [5.41, 5.74) is 3.34. The van der Waals surface area contributed by atoms with Gasteiger partial charge < -0.3 is 10.1 Å². The summed E-state index contributed by atoms with van der Waals surface area (Å²) in [6, 6.07) is 10.3. The molecule has 0 heterocycles. The highest BCUT2D eigenvalue weighted by atomic mass is 32.2. The quantitative estimate of drug-likeness (QED) is 0.902. The van der Waals surface area contributed by atoms with Gasteiger partial charge in [-0.25, -0.2) is 8.42 Å². The number of benzene rings is 2. The molecule has 0 saturated carbocycles. The molecule has 0 atom stereocenters. The SMILES string of the molecule is Cc1ccc(OCC(=O)Nc2ccc(S(C)(=O)=O)cc2C)c(C)c1. The Labute approximate surface area is 142 Å². The van der Waals surface area contributed by atoms with Gasteiger partial charge in [-0.1, -0.05) is 17.7 Å². The van der Waals surface area contributed by atoms with Crippen LogP contribution in [0.4, 0.5) is 5.69 Å². The third kappa shape index (κ3) is 4.58. The second-order valence-corrected chi connectivity index (χ2v) is 7.87. The summed E-state index contributed by atoms with van der Waals surface area (Å²) in [4.78, 5) is 12.3. The van der Waals surface area contributed by atoms with Gasteiger partial charge in [-0.2, -0.15) is 0 Å². The lowest BCUT2D eigenvalue weighted by Crippen LogP contribution is -2.21. The van der Waals surface area contributed by atoms with E-state index >= 15 is 0 Å². The molecule has 1 N–H and O–H groups in total. The van der Waals surface area contributed by atoms with E-state index in [0.717, 1.165) is 17.4 Å². The highest BCUT2D eigenvalue weighted by molar-refractivity contribution is 7.90. The van der Waals surface area contributed by atoms with Gasteiger partial charge in [-0.05, 0) is 56.2 Å². The van der Waals surface area contributed by atoms with E-state index in [1.807, 2.05) is 32.0 Å². The van der Waals surface area contributed by atoms with Crippen LogP contribution < -0.4 is 10.1 Å². The molecule has 0 radical (unpaired) electrons. The molecule has 0 bridgehead atoms. The molecule has 0 aliphatic rings. The average Bonchev–Trinajstić information content (AvgIpc) is 2.47. The van der Waals surface area contributed by atoms with Crippen molar-refractivity contribution in [2.75, 3.05) is 18.2 Å². The Hall–Kier alpha value is -2.34. The molecular weight excluding hydrogens is 326 g/mol. The largest absolute Gasteiger partial charge is 0.483 e. The van der Waals surface area contributed by atoms with Crippen LogP contribution in [-0.4, -0.2) is 27.2 Å². The fourth-order valence-electron chi connectivity index (χ4n) is 2.30. The monoisotopic (exact) mass is 347 g/mol. The van der Waals surface area contributed by atoms with E-state index in [1.165, 1.54) is 12.1 Å². The maximum absolute atomic E-state index is 12.0. The third-order valence-electron chi connectivity index (χ3n) is 3.59. The Morgan fingerprint density at radius 2 is 1.75 bits per heavy atom. The van der Waals surface area contributed by atoms with Crippen LogP contribution in [0.15, 0.2) is 41.3 Å². The number of aryl methyl sites for hydroxylation is 3. The van der Waals surface area contributed by atoms with Crippen molar-refractivity contribution in [2.24, 2.45) is 0 Å². The molecule has 0 unspecified atom stereocenters. The van der Waals surface area contributed by atoms with Gasteiger partial charge in [0.25, 0.3) is 5.91 Å². The van der Waals surface area contributed by atoms with E-state index in [4.69, 9.17) is 4.74 Å². The first-order valence-electron chi connectivity index (χ1n) is 7.47. The third-order valence-corrected chi connectivity index (χ3v) is 4.70. The van der Waals surface area contributed by atoms with Crippen molar-refractivity contribution in [3.8, 4) is 5.75 Å². The summed E-state index contributed by atoms with van der Waals surface area (Å²) in [7, 11) is -3.26. The molecule has 0 aromatic heterocycles. The number of sulfone groups is 1. The number of amides is 1. The molecule has 6 heteroatoms. The molecule has 0 aliphatic carbocycles. The highest BCUT2D eigenvalue weighted by Crippen LogP contribution is 2.21. The van der Waals surface area contributed by atoms with Gasteiger partial charge in [0.1, 0.15) is 5.75 Å². The van der Waals surface area contributed by atoms with E-state index in [-0.39, 0.29) is 17.4 Å². The molecule has 1 amide bonds. The van der Waals surface area contributed by atoms with Crippen molar-refractivity contribution in [3.63, 3.8) is 0 Å². The predicted molar refractivity (Wildman–Crippen MR) is 94.3 cm³/mol. The number of nitrogens with one attached hydrogen (secondary N) is 1. The summed E-state index contributed by atoms with van der Waals surface area (Å²) in [5, 5.41) is 2.73. The fraction of sp³-hybridized carbons (Fsp3) is 0.278. The van der Waals surface area contributed by atoms with E-state index < -0.39 is 9.84 Å². The molecule has 5 nitrogen and oxygen atoms in total. The smallest absolute Gasteiger partial charge is 0.262 e. The lowest BCUT2D eigenvalue weighted by atomic mass is 10.1. The highest BCUT2D eigenvalue weighted by Gasteiger charge is 2.11. The zero-order valence-corrected chi connectivity index (χ0v) is 15.0. The van der Waals surface area contributed by atoms with E-state index in [1.54, 1.807) is 13.0 Å². The van der Waals surface area contributed by atoms with Crippen LogP contribution in [0.1, 0.15) is 16.7 Å². The summed E-state index contributed by atoms with van der Waals surface area (Å²) in [5.74, 6) is 0.366. The number of hydrogen-bond acceptors (Lipinski definition) is 4. The van der Waals surface area contributed by atoms with Crippen molar-refractivity contribution < 1.29 is 17.9 Å². The van der Waals surface area contributed by atoms with Gasteiger partial charge in [0.15, 0.2) is 16.4 Å². The molecule has 2 aromatic carbocycles. The summed E-state index contributed by atoms with van der Waals surface area (Å²) < 4.78 is 28.6. The van der Waals surface area contributed by atoms with E-state index in [0.29, 0.717) is 17.0 Å².